The molecule has 1 amide bonds. The van der Waals surface area contributed by atoms with Gasteiger partial charge >= 0.3 is 5.97 Å². The van der Waals surface area contributed by atoms with Crippen molar-refractivity contribution in [3.63, 3.8) is 0 Å². The second-order valence-corrected chi connectivity index (χ2v) is 6.64. The van der Waals surface area contributed by atoms with E-state index in [9.17, 15) is 9.59 Å². The Labute approximate surface area is 157 Å². The van der Waals surface area contributed by atoms with Gasteiger partial charge in [0.2, 0.25) is 0 Å². The number of carbonyl (C=O) groups excluding carboxylic acids is 2. The van der Waals surface area contributed by atoms with Crippen LogP contribution in [0.4, 0.5) is 0 Å². The van der Waals surface area contributed by atoms with Crippen LogP contribution in [-0.2, 0) is 16.6 Å². The van der Waals surface area contributed by atoms with Gasteiger partial charge in [-0.2, -0.15) is 11.8 Å². The zero-order valence-corrected chi connectivity index (χ0v) is 16.4. The fraction of sp³-hybridized carbons (Fsp3) is 0.444. The summed E-state index contributed by atoms with van der Waals surface area (Å²) in [4.78, 5) is 24.7. The Kier molecular flexibility index (Phi) is 6.79. The molecule has 0 radical (unpaired) electrons. The van der Waals surface area contributed by atoms with Crippen LogP contribution in [-0.4, -0.2) is 55.8 Å². The van der Waals surface area contributed by atoms with E-state index in [0.29, 0.717) is 23.6 Å². The van der Waals surface area contributed by atoms with Crippen LogP contribution in [0.1, 0.15) is 16.9 Å². The molecular weight excluding hydrogens is 356 g/mol. The van der Waals surface area contributed by atoms with Gasteiger partial charge < -0.3 is 24.1 Å². The number of rotatable bonds is 8. The molecule has 0 aliphatic heterocycles. The second-order valence-electron chi connectivity index (χ2n) is 5.65. The Balaban J connectivity index is 2.40. The number of hydrogen-bond acceptors (Lipinski definition) is 6. The van der Waals surface area contributed by atoms with Crippen LogP contribution in [0.5, 0.6) is 11.5 Å². The molecule has 142 valence electrons. The van der Waals surface area contributed by atoms with Crippen molar-refractivity contribution in [2.45, 2.75) is 12.5 Å². The molecule has 1 N–H and O–H groups in total. The van der Waals surface area contributed by atoms with Crippen LogP contribution in [0, 0.1) is 0 Å². The van der Waals surface area contributed by atoms with Gasteiger partial charge in [0.25, 0.3) is 5.91 Å². The highest BCUT2D eigenvalue weighted by Crippen LogP contribution is 2.35. The number of amides is 1. The lowest BCUT2D eigenvalue weighted by Crippen LogP contribution is -2.42. The van der Waals surface area contributed by atoms with Gasteiger partial charge in [-0.25, -0.2) is 4.79 Å². The first-order chi connectivity index (χ1) is 12.5. The number of thioether (sulfide) groups is 1. The van der Waals surface area contributed by atoms with Crippen molar-refractivity contribution in [3.8, 4) is 11.5 Å². The topological polar surface area (TPSA) is 78.8 Å². The number of benzene rings is 1. The molecule has 0 aliphatic carbocycles. The van der Waals surface area contributed by atoms with Gasteiger partial charge in [-0.05, 0) is 36.6 Å². The van der Waals surface area contributed by atoms with Crippen LogP contribution in [0.2, 0.25) is 0 Å². The van der Waals surface area contributed by atoms with E-state index < -0.39 is 12.0 Å². The van der Waals surface area contributed by atoms with Crippen molar-refractivity contribution in [2.75, 3.05) is 33.3 Å². The molecule has 8 heteroatoms. The van der Waals surface area contributed by atoms with E-state index in [1.807, 2.05) is 6.26 Å². The predicted octanol–water partition coefficient (Wildman–Crippen LogP) is 2.22. The fourth-order valence-corrected chi connectivity index (χ4v) is 3.30. The highest BCUT2D eigenvalue weighted by atomic mass is 32.2. The van der Waals surface area contributed by atoms with Gasteiger partial charge in [-0.1, -0.05) is 0 Å². The maximum absolute atomic E-state index is 12.8. The van der Waals surface area contributed by atoms with E-state index in [2.05, 4.69) is 5.32 Å². The summed E-state index contributed by atoms with van der Waals surface area (Å²) in [5, 5.41) is 3.53. The van der Waals surface area contributed by atoms with E-state index in [4.69, 9.17) is 14.2 Å². The Bertz CT molecular complexity index is 802. The minimum atomic E-state index is -0.693. The molecule has 1 aromatic carbocycles. The Morgan fingerprint density at radius 2 is 1.85 bits per heavy atom. The number of methoxy groups -OCH3 is 3. The van der Waals surface area contributed by atoms with Gasteiger partial charge in [0, 0.05) is 12.4 Å². The average molecular weight is 380 g/mol. The monoisotopic (exact) mass is 380 g/mol. The second kappa shape index (κ2) is 8.84. The molecule has 1 atom stereocenters. The van der Waals surface area contributed by atoms with Crippen LogP contribution in [0.15, 0.2) is 18.2 Å². The third-order valence-electron chi connectivity index (χ3n) is 4.19. The number of aromatic nitrogens is 1. The van der Waals surface area contributed by atoms with Gasteiger partial charge in [0.05, 0.1) is 26.8 Å². The van der Waals surface area contributed by atoms with Crippen LogP contribution in [0.25, 0.3) is 10.9 Å². The molecule has 0 saturated carbocycles. The zero-order valence-electron chi connectivity index (χ0n) is 15.6. The molecule has 0 bridgehead atoms. The zero-order chi connectivity index (χ0) is 19.3. The standard InChI is InChI=1S/C18H24N2O5S/c1-20-13(17(21)19-12(8-9-26-5)18(22)25-4)10-11-14(23-2)6-7-15(24-3)16(11)20/h6-7,10,12H,8-9H2,1-5H3,(H,19,21)/t12-/m0/s1. The minimum absolute atomic E-state index is 0.357. The summed E-state index contributed by atoms with van der Waals surface area (Å²) in [5.41, 5.74) is 1.15. The summed E-state index contributed by atoms with van der Waals surface area (Å²) >= 11 is 1.60. The van der Waals surface area contributed by atoms with Crippen molar-refractivity contribution in [1.82, 2.24) is 9.88 Å². The SMILES string of the molecule is COC(=O)[C@H](CCSC)NC(=O)c1cc2c(OC)ccc(OC)c2n1C. The third kappa shape index (κ3) is 3.90. The fourth-order valence-electron chi connectivity index (χ4n) is 2.83. The Morgan fingerprint density at radius 3 is 2.42 bits per heavy atom. The molecule has 0 spiro atoms. The number of hydrogen-bond donors (Lipinski definition) is 1. The van der Waals surface area contributed by atoms with Crippen LogP contribution < -0.4 is 14.8 Å². The maximum Gasteiger partial charge on any atom is 0.328 e. The molecular formula is C18H24N2O5S. The Morgan fingerprint density at radius 1 is 1.19 bits per heavy atom. The van der Waals surface area contributed by atoms with Gasteiger partial charge in [0.1, 0.15) is 23.2 Å². The number of nitrogens with one attached hydrogen (secondary N) is 1. The first-order valence-corrected chi connectivity index (χ1v) is 9.45. The molecule has 0 saturated heterocycles. The van der Waals surface area contributed by atoms with Gasteiger partial charge in [-0.3, -0.25) is 4.79 Å². The number of carbonyl (C=O) groups is 2. The van der Waals surface area contributed by atoms with E-state index in [0.717, 1.165) is 16.7 Å². The van der Waals surface area contributed by atoms with Crippen molar-refractivity contribution in [1.29, 1.82) is 0 Å². The summed E-state index contributed by atoms with van der Waals surface area (Å²) in [6, 6.07) is 4.62. The lowest BCUT2D eigenvalue weighted by atomic mass is 10.2. The molecule has 0 unspecified atom stereocenters. The van der Waals surface area contributed by atoms with Crippen molar-refractivity contribution >= 4 is 34.5 Å². The van der Waals surface area contributed by atoms with E-state index in [1.165, 1.54) is 7.11 Å². The molecule has 26 heavy (non-hydrogen) atoms. The molecule has 1 heterocycles. The van der Waals surface area contributed by atoms with Crippen molar-refractivity contribution in [3.05, 3.63) is 23.9 Å². The molecule has 2 aromatic rings. The summed E-state index contributed by atoms with van der Waals surface area (Å²) in [7, 11) is 6.23. The van der Waals surface area contributed by atoms with E-state index >= 15 is 0 Å². The molecule has 0 fully saturated rings. The van der Waals surface area contributed by atoms with Crippen LogP contribution >= 0.6 is 11.8 Å². The van der Waals surface area contributed by atoms with E-state index in [-0.39, 0.29) is 5.91 Å². The summed E-state index contributed by atoms with van der Waals surface area (Å²) in [6.45, 7) is 0. The first-order valence-electron chi connectivity index (χ1n) is 8.06. The maximum atomic E-state index is 12.8. The lowest BCUT2D eigenvalue weighted by Gasteiger charge is -2.16. The largest absolute Gasteiger partial charge is 0.496 e. The number of ether oxygens (including phenoxy) is 3. The lowest BCUT2D eigenvalue weighted by molar-refractivity contribution is -0.142. The summed E-state index contributed by atoms with van der Waals surface area (Å²) in [6.07, 6.45) is 2.44. The van der Waals surface area contributed by atoms with Gasteiger partial charge in [-0.15, -0.1) is 0 Å². The van der Waals surface area contributed by atoms with Gasteiger partial charge in [0.15, 0.2) is 0 Å². The Hall–Kier alpha value is -2.35. The number of nitrogens with zero attached hydrogens (tertiary/aromatic N) is 1. The molecule has 7 nitrogen and oxygen atoms in total. The molecule has 1 aromatic heterocycles. The predicted molar refractivity (Wildman–Crippen MR) is 102 cm³/mol. The number of esters is 1. The number of aryl methyl sites for hydroxylation is 1. The average Bonchev–Trinajstić information content (AvgIpc) is 3.01. The first kappa shape index (κ1) is 20.0. The van der Waals surface area contributed by atoms with Crippen molar-refractivity contribution in [2.24, 2.45) is 7.05 Å². The number of fused-ring (bicyclic) bond motifs is 1. The minimum Gasteiger partial charge on any atom is -0.496 e. The molecule has 0 aliphatic rings. The van der Waals surface area contributed by atoms with E-state index in [1.54, 1.807) is 55.8 Å². The van der Waals surface area contributed by atoms with Crippen molar-refractivity contribution < 1.29 is 23.8 Å². The van der Waals surface area contributed by atoms with Crippen LogP contribution in [0.3, 0.4) is 0 Å². The third-order valence-corrected chi connectivity index (χ3v) is 4.84. The summed E-state index contributed by atoms with van der Waals surface area (Å²) < 4.78 is 17.3. The highest BCUT2D eigenvalue weighted by Gasteiger charge is 2.25. The normalized spacial score (nSPS) is 11.9. The highest BCUT2D eigenvalue weighted by molar-refractivity contribution is 7.98. The molecule has 2 rings (SSSR count). The quantitative estimate of drug-likeness (QED) is 0.708. The smallest absolute Gasteiger partial charge is 0.328 e. The summed E-state index contributed by atoms with van der Waals surface area (Å²) in [5.74, 6) is 1.19.